The average molecular weight is 434 g/mol. The van der Waals surface area contributed by atoms with E-state index < -0.39 is 42.2 Å². The van der Waals surface area contributed by atoms with Gasteiger partial charge in [-0.3, -0.25) is 9.59 Å². The van der Waals surface area contributed by atoms with Crippen LogP contribution in [0.1, 0.15) is 23.0 Å². The van der Waals surface area contributed by atoms with E-state index in [4.69, 9.17) is 10.5 Å². The molecule has 0 radical (unpaired) electrons. The third-order valence-corrected chi connectivity index (χ3v) is 4.92. The second-order valence-corrected chi connectivity index (χ2v) is 7.52. The molecular weight excluding hydrogens is 417 g/mol. The minimum atomic E-state index is -2.99. The molecular formula is C20H17F3N4O4. The molecule has 2 aromatic rings. The Morgan fingerprint density at radius 2 is 2.06 bits per heavy atom. The summed E-state index contributed by atoms with van der Waals surface area (Å²) in [5.74, 6) is -0.356. The molecule has 0 aliphatic carbocycles. The van der Waals surface area contributed by atoms with Crippen LogP contribution in [0.3, 0.4) is 0 Å². The molecule has 2 aliphatic rings. The minimum Gasteiger partial charge on any atom is -0.491 e. The second-order valence-electron chi connectivity index (χ2n) is 7.52. The predicted octanol–water partition coefficient (Wildman–Crippen LogP) is 0.761. The molecule has 1 saturated heterocycles. The molecule has 2 amide bonds. The van der Waals surface area contributed by atoms with Crippen LogP contribution in [0, 0.1) is 17.7 Å². The number of aromatic nitrogens is 2. The number of hydrogen-bond donors (Lipinski definition) is 2. The summed E-state index contributed by atoms with van der Waals surface area (Å²) in [7, 11) is 0. The highest BCUT2D eigenvalue weighted by Crippen LogP contribution is 2.34. The first-order chi connectivity index (χ1) is 14.5. The molecule has 4 rings (SSSR count). The molecule has 11 heteroatoms. The first-order valence-corrected chi connectivity index (χ1v) is 9.23. The SMILES string of the molecule is CC(O)(C#Cc1cc2c(cc1F)OCCn1cc(C(N)=O)nc1-2)C(=O)N1CC(F)(F)C1. The van der Waals surface area contributed by atoms with Crippen molar-refractivity contribution < 1.29 is 32.6 Å². The number of amides is 2. The van der Waals surface area contributed by atoms with Crippen molar-refractivity contribution in [1.82, 2.24) is 14.5 Å². The van der Waals surface area contributed by atoms with E-state index in [1.165, 1.54) is 12.3 Å². The monoisotopic (exact) mass is 434 g/mol. The number of rotatable bonds is 2. The number of alkyl halides is 2. The van der Waals surface area contributed by atoms with E-state index in [0.29, 0.717) is 17.9 Å². The zero-order valence-corrected chi connectivity index (χ0v) is 16.3. The number of halogens is 3. The highest BCUT2D eigenvalue weighted by atomic mass is 19.3. The van der Waals surface area contributed by atoms with E-state index in [1.807, 2.05) is 0 Å². The van der Waals surface area contributed by atoms with Crippen molar-refractivity contribution in [3.05, 3.63) is 35.4 Å². The van der Waals surface area contributed by atoms with Crippen LogP contribution in [0.5, 0.6) is 5.75 Å². The average Bonchev–Trinajstić information content (AvgIpc) is 3.02. The molecule has 1 atom stereocenters. The predicted molar refractivity (Wildman–Crippen MR) is 101 cm³/mol. The lowest BCUT2D eigenvalue weighted by Gasteiger charge is -2.40. The second kappa shape index (κ2) is 7.02. The third-order valence-electron chi connectivity index (χ3n) is 4.92. The van der Waals surface area contributed by atoms with E-state index in [-0.39, 0.29) is 23.6 Å². The topological polar surface area (TPSA) is 111 Å². The van der Waals surface area contributed by atoms with Gasteiger partial charge in [-0.2, -0.15) is 0 Å². The van der Waals surface area contributed by atoms with Crippen LogP contribution in [0.2, 0.25) is 0 Å². The quantitative estimate of drug-likeness (QED) is 0.679. The fourth-order valence-electron chi connectivity index (χ4n) is 3.33. The molecule has 1 aromatic carbocycles. The molecule has 0 saturated carbocycles. The van der Waals surface area contributed by atoms with Crippen LogP contribution in [0.25, 0.3) is 11.4 Å². The summed E-state index contributed by atoms with van der Waals surface area (Å²) >= 11 is 0. The van der Waals surface area contributed by atoms with Crippen molar-refractivity contribution in [2.45, 2.75) is 25.0 Å². The number of likely N-dealkylation sites (tertiary alicyclic amines) is 1. The van der Waals surface area contributed by atoms with Gasteiger partial charge in [-0.1, -0.05) is 11.8 Å². The number of nitrogens with two attached hydrogens (primary N) is 1. The molecule has 1 aromatic heterocycles. The van der Waals surface area contributed by atoms with Crippen molar-refractivity contribution in [2.24, 2.45) is 5.73 Å². The number of primary amides is 1. The molecule has 3 heterocycles. The van der Waals surface area contributed by atoms with Gasteiger partial charge < -0.3 is 25.0 Å². The molecule has 2 aliphatic heterocycles. The molecule has 3 N–H and O–H groups in total. The number of hydrogen-bond acceptors (Lipinski definition) is 5. The van der Waals surface area contributed by atoms with Crippen LogP contribution in [0.15, 0.2) is 18.3 Å². The summed E-state index contributed by atoms with van der Waals surface area (Å²) in [6.45, 7) is -0.0213. The van der Waals surface area contributed by atoms with Crippen molar-refractivity contribution in [3.63, 3.8) is 0 Å². The van der Waals surface area contributed by atoms with Gasteiger partial charge in [-0.15, -0.1) is 0 Å². The van der Waals surface area contributed by atoms with Gasteiger partial charge in [0.05, 0.1) is 30.8 Å². The fraction of sp³-hybridized carbons (Fsp3) is 0.350. The van der Waals surface area contributed by atoms with Gasteiger partial charge in [0.2, 0.25) is 5.60 Å². The number of aliphatic hydroxyl groups is 1. The number of nitrogens with zero attached hydrogens (tertiary/aromatic N) is 3. The summed E-state index contributed by atoms with van der Waals surface area (Å²) in [6, 6.07) is 2.39. The van der Waals surface area contributed by atoms with Crippen LogP contribution in [0.4, 0.5) is 13.2 Å². The van der Waals surface area contributed by atoms with Crippen molar-refractivity contribution in [2.75, 3.05) is 19.7 Å². The lowest BCUT2D eigenvalue weighted by atomic mass is 10.0. The summed E-state index contributed by atoms with van der Waals surface area (Å²) in [4.78, 5) is 28.6. The molecule has 0 spiro atoms. The van der Waals surface area contributed by atoms with Gasteiger partial charge in [0.15, 0.2) is 0 Å². The van der Waals surface area contributed by atoms with Crippen molar-refractivity contribution in [3.8, 4) is 29.0 Å². The maximum absolute atomic E-state index is 14.6. The Hall–Kier alpha value is -3.52. The summed E-state index contributed by atoms with van der Waals surface area (Å²) < 4.78 is 47.7. The lowest BCUT2D eigenvalue weighted by molar-refractivity contribution is -0.176. The van der Waals surface area contributed by atoms with E-state index in [2.05, 4.69) is 16.8 Å². The Balaban J connectivity index is 1.68. The normalized spacial score (nSPS) is 18.2. The smallest absolute Gasteiger partial charge is 0.282 e. The Morgan fingerprint density at radius 3 is 2.71 bits per heavy atom. The molecule has 162 valence electrons. The highest BCUT2D eigenvalue weighted by Gasteiger charge is 2.49. The number of ether oxygens (including phenoxy) is 1. The molecule has 1 fully saturated rings. The summed E-state index contributed by atoms with van der Waals surface area (Å²) in [5, 5.41) is 10.3. The summed E-state index contributed by atoms with van der Waals surface area (Å²) in [5.41, 5.74) is 3.18. The van der Waals surface area contributed by atoms with E-state index in [1.54, 1.807) is 4.57 Å². The molecule has 8 nitrogen and oxygen atoms in total. The van der Waals surface area contributed by atoms with E-state index >= 15 is 0 Å². The maximum atomic E-state index is 14.6. The molecule has 0 bridgehead atoms. The van der Waals surface area contributed by atoms with Crippen LogP contribution in [-0.2, 0) is 11.3 Å². The zero-order chi connectivity index (χ0) is 22.6. The first kappa shape index (κ1) is 20.7. The van der Waals surface area contributed by atoms with Crippen LogP contribution < -0.4 is 10.5 Å². The van der Waals surface area contributed by atoms with Gasteiger partial charge >= 0.3 is 0 Å². The maximum Gasteiger partial charge on any atom is 0.282 e. The fourth-order valence-corrected chi connectivity index (χ4v) is 3.33. The number of imidazole rings is 1. The number of carbonyl (C=O) groups excluding carboxylic acids is 2. The number of carbonyl (C=O) groups is 2. The summed E-state index contributed by atoms with van der Waals surface area (Å²) in [6.07, 6.45) is 1.46. The van der Waals surface area contributed by atoms with Gasteiger partial charge in [0.1, 0.15) is 29.7 Å². The molecule has 31 heavy (non-hydrogen) atoms. The Morgan fingerprint density at radius 1 is 1.35 bits per heavy atom. The van der Waals surface area contributed by atoms with Crippen LogP contribution in [-0.4, -0.2) is 62.6 Å². The van der Waals surface area contributed by atoms with E-state index in [9.17, 15) is 27.9 Å². The third kappa shape index (κ3) is 3.82. The van der Waals surface area contributed by atoms with Crippen molar-refractivity contribution >= 4 is 11.8 Å². The van der Waals surface area contributed by atoms with Gasteiger partial charge in [-0.05, 0) is 13.0 Å². The Labute approximate surface area is 174 Å². The van der Waals surface area contributed by atoms with Gasteiger partial charge in [0, 0.05) is 12.3 Å². The Bertz CT molecular complexity index is 1160. The number of benzene rings is 1. The van der Waals surface area contributed by atoms with Gasteiger partial charge in [-0.25, -0.2) is 18.2 Å². The lowest BCUT2D eigenvalue weighted by Crippen LogP contribution is -2.62. The van der Waals surface area contributed by atoms with Crippen LogP contribution >= 0.6 is 0 Å². The van der Waals surface area contributed by atoms with Crippen molar-refractivity contribution in [1.29, 1.82) is 0 Å². The highest BCUT2D eigenvalue weighted by molar-refractivity contribution is 5.91. The Kier molecular flexibility index (Phi) is 4.70. The van der Waals surface area contributed by atoms with E-state index in [0.717, 1.165) is 17.9 Å². The molecule has 1 unspecified atom stereocenters. The minimum absolute atomic E-state index is 0.0275. The number of fused-ring (bicyclic) bond motifs is 3. The van der Waals surface area contributed by atoms with Gasteiger partial charge in [0.25, 0.3) is 17.7 Å². The standard InChI is InChI=1S/C20H17F3N4O4/c1-19(30,18(29)27-9-20(22,23)10-27)3-2-11-6-12-15(7-13(11)21)31-5-4-26-8-14(16(24)28)25-17(12)26/h6-8,30H,4-5,9-10H2,1H3,(H2,24,28). The first-order valence-electron chi connectivity index (χ1n) is 9.23. The largest absolute Gasteiger partial charge is 0.491 e. The zero-order valence-electron chi connectivity index (χ0n) is 16.3.